The zero-order valence-electron chi connectivity index (χ0n) is 11.2. The summed E-state index contributed by atoms with van der Waals surface area (Å²) >= 11 is 6.26. The van der Waals surface area contributed by atoms with Crippen LogP contribution < -0.4 is 0 Å². The Hall–Kier alpha value is -1.05. The summed E-state index contributed by atoms with van der Waals surface area (Å²) in [4.78, 5) is -0.177. The van der Waals surface area contributed by atoms with Gasteiger partial charge in [-0.25, -0.2) is 8.42 Å². The van der Waals surface area contributed by atoms with E-state index in [0.29, 0.717) is 15.6 Å². The molecule has 4 nitrogen and oxygen atoms in total. The highest BCUT2D eigenvalue weighted by Gasteiger charge is 2.25. The minimum Gasteiger partial charge on any atom is -0.506 e. The van der Waals surface area contributed by atoms with E-state index >= 15 is 0 Å². The van der Waals surface area contributed by atoms with Crippen molar-refractivity contribution in [2.75, 3.05) is 0 Å². The lowest BCUT2D eigenvalue weighted by molar-refractivity contribution is 0.455. The second-order valence-electron chi connectivity index (χ2n) is 4.67. The molecule has 0 aliphatic heterocycles. The number of benzene rings is 2. The van der Waals surface area contributed by atoms with E-state index in [9.17, 15) is 18.6 Å². The van der Waals surface area contributed by atoms with Crippen LogP contribution in [0.3, 0.4) is 0 Å². The van der Waals surface area contributed by atoms with E-state index < -0.39 is 9.84 Å². The summed E-state index contributed by atoms with van der Waals surface area (Å²) < 4.78 is 26.0. The number of phenols is 2. The Kier molecular flexibility index (Phi) is 4.37. The fraction of sp³-hybridized carbons (Fsp3) is 0.143. The minimum absolute atomic E-state index is 0.00234. The Balaban J connectivity index is 2.74. The third-order valence-electron chi connectivity index (χ3n) is 3.00. The summed E-state index contributed by atoms with van der Waals surface area (Å²) in [7, 11) is -3.90. The molecule has 2 N–H and O–H groups in total. The number of rotatable bonds is 2. The van der Waals surface area contributed by atoms with Gasteiger partial charge in [0.05, 0.1) is 13.8 Å². The highest BCUT2D eigenvalue weighted by Crippen LogP contribution is 2.38. The molecular weight excluding hydrogens is 424 g/mol. The van der Waals surface area contributed by atoms with E-state index in [1.165, 1.54) is 18.2 Å². The molecule has 0 atom stereocenters. The molecule has 0 spiro atoms. The van der Waals surface area contributed by atoms with Crippen LogP contribution in [0.1, 0.15) is 11.1 Å². The van der Waals surface area contributed by atoms with Gasteiger partial charge in [0.2, 0.25) is 9.84 Å². The summed E-state index contributed by atoms with van der Waals surface area (Å²) in [5, 5.41) is 19.7. The molecule has 0 aromatic heterocycles. The zero-order valence-corrected chi connectivity index (χ0v) is 15.2. The molecule has 0 fully saturated rings. The maximum Gasteiger partial charge on any atom is 0.210 e. The van der Waals surface area contributed by atoms with Gasteiger partial charge in [0, 0.05) is 0 Å². The van der Waals surface area contributed by atoms with Gasteiger partial charge in [-0.3, -0.25) is 0 Å². The van der Waals surface area contributed by atoms with Gasteiger partial charge in [0.25, 0.3) is 0 Å². The lowest BCUT2D eigenvalue weighted by atomic mass is 10.2. The molecule has 0 unspecified atom stereocenters. The SMILES string of the molecule is Cc1cc(Br)c(O)c(S(=O)(=O)c2cc(C)c(O)c(Br)c2)c1. The van der Waals surface area contributed by atoms with Crippen LogP contribution in [0.4, 0.5) is 0 Å². The molecule has 0 aliphatic rings. The van der Waals surface area contributed by atoms with Crippen LogP contribution in [0.25, 0.3) is 0 Å². The van der Waals surface area contributed by atoms with Crippen molar-refractivity contribution in [3.8, 4) is 11.5 Å². The lowest BCUT2D eigenvalue weighted by Crippen LogP contribution is -2.04. The smallest absolute Gasteiger partial charge is 0.210 e. The highest BCUT2D eigenvalue weighted by atomic mass is 79.9. The first-order valence-corrected chi connectivity index (χ1v) is 8.95. The fourth-order valence-corrected chi connectivity index (χ4v) is 4.88. The number of phenolic OH excluding ortho intramolecular Hbond substituents is 2. The van der Waals surface area contributed by atoms with E-state index in [-0.39, 0.29) is 25.8 Å². The van der Waals surface area contributed by atoms with Crippen LogP contribution in [0.15, 0.2) is 43.0 Å². The molecule has 7 heteroatoms. The lowest BCUT2D eigenvalue weighted by Gasteiger charge is -2.11. The van der Waals surface area contributed by atoms with E-state index in [4.69, 9.17) is 0 Å². The molecule has 2 aromatic rings. The van der Waals surface area contributed by atoms with Crippen molar-refractivity contribution in [2.24, 2.45) is 0 Å². The molecule has 0 bridgehead atoms. The van der Waals surface area contributed by atoms with E-state index in [1.807, 2.05) is 0 Å². The van der Waals surface area contributed by atoms with Crippen molar-refractivity contribution < 1.29 is 18.6 Å². The number of halogens is 2. The predicted octanol–water partition coefficient (Wildman–Crippen LogP) is 4.07. The van der Waals surface area contributed by atoms with Gasteiger partial charge in [0.15, 0.2) is 0 Å². The van der Waals surface area contributed by atoms with Crippen LogP contribution in [0, 0.1) is 13.8 Å². The van der Waals surface area contributed by atoms with Crippen LogP contribution >= 0.6 is 31.9 Å². The summed E-state index contributed by atoms with van der Waals surface area (Å²) in [5.74, 6) is -0.342. The number of hydrogen-bond donors (Lipinski definition) is 2. The third-order valence-corrected chi connectivity index (χ3v) is 5.96. The first-order valence-electron chi connectivity index (χ1n) is 5.88. The normalized spacial score (nSPS) is 11.6. The highest BCUT2D eigenvalue weighted by molar-refractivity contribution is 9.10. The summed E-state index contributed by atoms with van der Waals surface area (Å²) in [6.45, 7) is 3.34. The Morgan fingerprint density at radius 2 is 1.48 bits per heavy atom. The molecule has 0 aliphatic carbocycles. The van der Waals surface area contributed by atoms with Crippen molar-refractivity contribution >= 4 is 41.7 Å². The molecule has 2 rings (SSSR count). The van der Waals surface area contributed by atoms with Crippen molar-refractivity contribution in [3.05, 3.63) is 44.3 Å². The van der Waals surface area contributed by atoms with Gasteiger partial charge in [-0.05, 0) is 81.1 Å². The van der Waals surface area contributed by atoms with Crippen molar-refractivity contribution in [1.29, 1.82) is 0 Å². The Bertz CT molecular complexity index is 806. The molecule has 112 valence electrons. The molecule has 2 aromatic carbocycles. The first kappa shape index (κ1) is 16.3. The molecule has 21 heavy (non-hydrogen) atoms. The van der Waals surface area contributed by atoms with Crippen molar-refractivity contribution in [3.63, 3.8) is 0 Å². The quantitative estimate of drug-likeness (QED) is 0.745. The monoisotopic (exact) mass is 434 g/mol. The molecule has 0 saturated heterocycles. The van der Waals surface area contributed by atoms with Gasteiger partial charge in [0.1, 0.15) is 16.4 Å². The average Bonchev–Trinajstić information content (AvgIpc) is 2.39. The number of sulfone groups is 1. The number of aromatic hydroxyl groups is 2. The Labute approximate surface area is 139 Å². The minimum atomic E-state index is -3.90. The van der Waals surface area contributed by atoms with Gasteiger partial charge >= 0.3 is 0 Å². The van der Waals surface area contributed by atoms with Crippen LogP contribution in [-0.2, 0) is 9.84 Å². The summed E-state index contributed by atoms with van der Waals surface area (Å²) in [6, 6.07) is 5.72. The standard InChI is InChI=1S/C14H12Br2O4S/c1-7-3-10(15)14(18)12(4-7)21(19,20)9-5-8(2)13(17)11(16)6-9/h3-6,17-18H,1-2H3. The maximum atomic E-state index is 12.7. The number of hydrogen-bond acceptors (Lipinski definition) is 4. The average molecular weight is 436 g/mol. The first-order chi connectivity index (χ1) is 9.64. The van der Waals surface area contributed by atoms with Crippen LogP contribution in [0.5, 0.6) is 11.5 Å². The summed E-state index contributed by atoms with van der Waals surface area (Å²) in [5.41, 5.74) is 1.13. The second kappa shape index (κ2) is 5.62. The van der Waals surface area contributed by atoms with Gasteiger partial charge in [-0.15, -0.1) is 0 Å². The van der Waals surface area contributed by atoms with E-state index in [1.54, 1.807) is 19.9 Å². The molecular formula is C14H12Br2O4S. The van der Waals surface area contributed by atoms with Crippen LogP contribution in [-0.4, -0.2) is 18.6 Å². The molecule has 0 saturated carbocycles. The maximum absolute atomic E-state index is 12.7. The largest absolute Gasteiger partial charge is 0.506 e. The predicted molar refractivity (Wildman–Crippen MR) is 86.5 cm³/mol. The second-order valence-corrected chi connectivity index (χ2v) is 8.29. The molecule has 0 amide bonds. The Morgan fingerprint density at radius 3 is 2.05 bits per heavy atom. The molecule has 0 heterocycles. The van der Waals surface area contributed by atoms with Crippen molar-refractivity contribution in [2.45, 2.75) is 23.6 Å². The Morgan fingerprint density at radius 1 is 0.905 bits per heavy atom. The van der Waals surface area contributed by atoms with Gasteiger partial charge in [-0.1, -0.05) is 0 Å². The van der Waals surface area contributed by atoms with Crippen LogP contribution in [0.2, 0.25) is 0 Å². The zero-order chi connectivity index (χ0) is 15.9. The topological polar surface area (TPSA) is 74.6 Å². The van der Waals surface area contributed by atoms with E-state index in [0.717, 1.165) is 0 Å². The fourth-order valence-electron chi connectivity index (χ4n) is 1.89. The summed E-state index contributed by atoms with van der Waals surface area (Å²) in [6.07, 6.45) is 0. The van der Waals surface area contributed by atoms with Gasteiger partial charge < -0.3 is 10.2 Å². The third kappa shape index (κ3) is 2.95. The van der Waals surface area contributed by atoms with E-state index in [2.05, 4.69) is 31.9 Å². The van der Waals surface area contributed by atoms with Crippen molar-refractivity contribution in [1.82, 2.24) is 0 Å². The van der Waals surface area contributed by atoms with Gasteiger partial charge in [-0.2, -0.15) is 0 Å². The molecule has 0 radical (unpaired) electrons. The number of aryl methyl sites for hydroxylation is 2.